The van der Waals surface area contributed by atoms with Crippen molar-refractivity contribution >= 4 is 33.9 Å². The molecule has 2 heterocycles. The summed E-state index contributed by atoms with van der Waals surface area (Å²) < 4.78 is 40.5. The van der Waals surface area contributed by atoms with Crippen molar-refractivity contribution in [3.63, 3.8) is 0 Å². The van der Waals surface area contributed by atoms with E-state index in [4.69, 9.17) is 39.2 Å². The molecule has 2 aliphatic rings. The zero-order chi connectivity index (χ0) is 20.2. The summed E-state index contributed by atoms with van der Waals surface area (Å²) in [4.78, 5) is 10.3. The Morgan fingerprint density at radius 2 is 1.67 bits per heavy atom. The predicted molar refractivity (Wildman–Crippen MR) is 106 cm³/mol. The molecule has 0 aromatic carbocycles. The van der Waals surface area contributed by atoms with Gasteiger partial charge in [-0.25, -0.2) is 4.57 Å². The maximum Gasteiger partial charge on any atom is 0.387 e. The van der Waals surface area contributed by atoms with Crippen LogP contribution in [0.4, 0.5) is 0 Å². The molecule has 0 amide bonds. The molecular weight excluding hydrogens is 389 g/mol. The lowest BCUT2D eigenvalue weighted by molar-refractivity contribution is -0.0422. The number of rotatable bonds is 10. The van der Waals surface area contributed by atoms with Gasteiger partial charge in [0.05, 0.1) is 37.1 Å². The highest BCUT2D eigenvalue weighted by molar-refractivity contribution is 8.54. The van der Waals surface area contributed by atoms with Crippen LogP contribution in [0.3, 0.4) is 0 Å². The number of ether oxygens (including phenoxy) is 4. The Morgan fingerprint density at radius 3 is 2.26 bits per heavy atom. The molecule has 152 valence electrons. The Bertz CT molecular complexity index is 513. The summed E-state index contributed by atoms with van der Waals surface area (Å²) in [5, 5.41) is 0. The third kappa shape index (κ3) is 8.01. The lowest BCUT2D eigenvalue weighted by Gasteiger charge is -2.24. The quantitative estimate of drug-likeness (QED) is 0.426. The molecule has 4 radical (unpaired) electrons. The Hall–Kier alpha value is 0.470. The van der Waals surface area contributed by atoms with E-state index in [1.54, 1.807) is 0 Å². The Labute approximate surface area is 168 Å². The second-order valence-corrected chi connectivity index (χ2v) is 11.3. The zero-order valence-corrected chi connectivity index (χ0v) is 18.1. The first kappa shape index (κ1) is 23.7. The van der Waals surface area contributed by atoms with E-state index in [-0.39, 0.29) is 36.8 Å². The summed E-state index contributed by atoms with van der Waals surface area (Å²) in [5.41, 5.74) is 0. The van der Waals surface area contributed by atoms with Crippen molar-refractivity contribution in [3.8, 4) is 0 Å². The van der Waals surface area contributed by atoms with Gasteiger partial charge in [0.2, 0.25) is 0 Å². The van der Waals surface area contributed by atoms with E-state index in [2.05, 4.69) is 0 Å². The van der Waals surface area contributed by atoms with E-state index < -0.39 is 31.0 Å². The summed E-state index contributed by atoms with van der Waals surface area (Å²) in [5.74, 6) is 0.242. The second kappa shape index (κ2) is 10.5. The van der Waals surface area contributed by atoms with Crippen LogP contribution in [0.2, 0.25) is 0 Å². The van der Waals surface area contributed by atoms with E-state index >= 15 is 0 Å². The molecule has 2 saturated heterocycles. The van der Waals surface area contributed by atoms with Crippen LogP contribution in [0.25, 0.3) is 0 Å². The minimum atomic E-state index is -3.94. The molecule has 0 bridgehead atoms. The van der Waals surface area contributed by atoms with Gasteiger partial charge in [0.1, 0.15) is 21.8 Å². The fourth-order valence-electron chi connectivity index (χ4n) is 3.05. The third-order valence-corrected chi connectivity index (χ3v) is 7.19. The van der Waals surface area contributed by atoms with Crippen molar-refractivity contribution in [1.29, 1.82) is 0 Å². The Balaban J connectivity index is 1.87. The van der Waals surface area contributed by atoms with Crippen molar-refractivity contribution in [2.45, 2.75) is 89.2 Å². The van der Waals surface area contributed by atoms with Crippen molar-refractivity contribution in [1.82, 2.24) is 0 Å². The molecule has 27 heavy (non-hydrogen) atoms. The van der Waals surface area contributed by atoms with E-state index in [9.17, 15) is 9.46 Å². The molecule has 0 aromatic heterocycles. The van der Waals surface area contributed by atoms with Gasteiger partial charge in [-0.2, -0.15) is 0 Å². The molecule has 7 nitrogen and oxygen atoms in total. The fraction of sp³-hybridized carbons (Fsp3) is 1.00. The molecule has 2 aliphatic heterocycles. The molecule has 1 unspecified atom stereocenters. The van der Waals surface area contributed by atoms with Gasteiger partial charge < -0.3 is 23.8 Å². The highest BCUT2D eigenvalue weighted by Gasteiger charge is 2.40. The maximum atomic E-state index is 12.6. The van der Waals surface area contributed by atoms with E-state index in [1.807, 2.05) is 27.7 Å². The van der Waals surface area contributed by atoms with E-state index in [1.165, 1.54) is 0 Å². The molecule has 0 aliphatic carbocycles. The molecule has 2 fully saturated rings. The average Bonchev–Trinajstić information content (AvgIpc) is 3.04. The van der Waals surface area contributed by atoms with Crippen LogP contribution >= 0.6 is 18.2 Å². The van der Waals surface area contributed by atoms with Crippen molar-refractivity contribution < 1.29 is 32.9 Å². The molecule has 7 atom stereocenters. The van der Waals surface area contributed by atoms with Gasteiger partial charge in [-0.3, -0.25) is 4.52 Å². The van der Waals surface area contributed by atoms with Crippen molar-refractivity contribution in [3.05, 3.63) is 0 Å². The average molecular weight is 418 g/mol. The van der Waals surface area contributed by atoms with Gasteiger partial charge >= 0.3 is 6.80 Å². The summed E-state index contributed by atoms with van der Waals surface area (Å²) in [6.07, 6.45) is -0.716. The minimum absolute atomic E-state index is 0.0167. The summed E-state index contributed by atoms with van der Waals surface area (Å²) in [6, 6.07) is -0.974. The van der Waals surface area contributed by atoms with Crippen LogP contribution in [0.5, 0.6) is 0 Å². The second-order valence-electron chi connectivity index (χ2n) is 7.41. The van der Waals surface area contributed by atoms with Gasteiger partial charge in [-0.15, -0.1) is 0 Å². The first-order valence-corrected chi connectivity index (χ1v) is 12.5. The van der Waals surface area contributed by atoms with Crippen LogP contribution < -0.4 is 0 Å². The fourth-order valence-corrected chi connectivity index (χ4v) is 5.82. The van der Waals surface area contributed by atoms with E-state index in [0.717, 1.165) is 11.4 Å². The maximum absolute atomic E-state index is 12.6. The summed E-state index contributed by atoms with van der Waals surface area (Å²) >= 11 is 0.814. The van der Waals surface area contributed by atoms with Gasteiger partial charge in [0, 0.05) is 17.8 Å². The largest absolute Gasteiger partial charge is 0.387 e. The summed E-state index contributed by atoms with van der Waals surface area (Å²) in [6.45, 7) is 3.98. The van der Waals surface area contributed by atoms with E-state index in [0.29, 0.717) is 12.8 Å². The van der Waals surface area contributed by atoms with Gasteiger partial charge in [0.15, 0.2) is 0 Å². The van der Waals surface area contributed by atoms with Crippen molar-refractivity contribution in [2.24, 2.45) is 0 Å². The third-order valence-electron chi connectivity index (χ3n) is 4.17. The standard InChI is InChI=1S/C16H29B2O7PS/c1-9(2)21-7-13-12(6-16(18)23-13)25-26(19,20)27-8-14-11(22-10(3)4)5-15(17)24-14/h9-16H,5-8H2,1-4H3,(H,19,20)/t11-,12-,13-,14-,15-,16-/m1/s1. The summed E-state index contributed by atoms with van der Waals surface area (Å²) in [7, 11) is 11.6. The van der Waals surface area contributed by atoms with Crippen LogP contribution in [-0.2, 0) is 28.0 Å². The zero-order valence-electron chi connectivity index (χ0n) is 16.4. The van der Waals surface area contributed by atoms with Gasteiger partial charge in [0.25, 0.3) is 0 Å². The predicted octanol–water partition coefficient (Wildman–Crippen LogP) is 1.99. The smallest absolute Gasteiger partial charge is 0.381 e. The molecule has 1 N–H and O–H groups in total. The SMILES string of the molecule is [B][C@H]1C[C@@H](OC(C)C)[C@@H](CSP(=O)(O)O[C@@H]2C[C@H]([B])O[C@@H]2COC(C)C)O1. The lowest BCUT2D eigenvalue weighted by atomic mass is 9.96. The molecular formula is C16H29B2O7PS. The van der Waals surface area contributed by atoms with Crippen molar-refractivity contribution in [2.75, 3.05) is 12.4 Å². The highest BCUT2D eigenvalue weighted by atomic mass is 32.7. The molecule has 2 rings (SSSR count). The van der Waals surface area contributed by atoms with Gasteiger partial charge in [-0.1, -0.05) is 0 Å². The van der Waals surface area contributed by atoms with Crippen LogP contribution in [0.15, 0.2) is 0 Å². The highest BCUT2D eigenvalue weighted by Crippen LogP contribution is 2.58. The normalized spacial score (nSPS) is 36.6. The van der Waals surface area contributed by atoms with Crippen LogP contribution in [0.1, 0.15) is 40.5 Å². The molecule has 0 saturated carbocycles. The number of hydrogen-bond donors (Lipinski definition) is 1. The number of hydrogen-bond acceptors (Lipinski definition) is 7. The molecule has 0 spiro atoms. The molecule has 0 aromatic rings. The van der Waals surface area contributed by atoms with Crippen LogP contribution in [0, 0.1) is 0 Å². The van der Waals surface area contributed by atoms with Gasteiger partial charge in [-0.05, 0) is 51.9 Å². The monoisotopic (exact) mass is 418 g/mol. The topological polar surface area (TPSA) is 83.5 Å². The Kier molecular flexibility index (Phi) is 9.22. The molecule has 11 heteroatoms. The lowest BCUT2D eigenvalue weighted by Crippen LogP contribution is -2.30. The Morgan fingerprint density at radius 1 is 1.07 bits per heavy atom. The first-order chi connectivity index (χ1) is 12.6. The van der Waals surface area contributed by atoms with Crippen LogP contribution in [-0.4, -0.2) is 81.6 Å². The first-order valence-electron chi connectivity index (χ1n) is 9.30. The minimum Gasteiger partial charge on any atom is -0.381 e.